The lowest BCUT2D eigenvalue weighted by Gasteiger charge is -2.21. The number of rotatable bonds is 9. The molecule has 1 unspecified atom stereocenters. The summed E-state index contributed by atoms with van der Waals surface area (Å²) in [6.45, 7) is 1.69. The molecule has 174 valence electrons. The molecule has 2 aromatic carbocycles. The van der Waals surface area contributed by atoms with Crippen LogP contribution in [0.25, 0.3) is 0 Å². The van der Waals surface area contributed by atoms with Crippen molar-refractivity contribution in [1.82, 2.24) is 10.0 Å². The summed E-state index contributed by atoms with van der Waals surface area (Å²) in [4.78, 5) is 11.5. The van der Waals surface area contributed by atoms with E-state index in [1.165, 1.54) is 18.7 Å². The third-order valence-corrected chi connectivity index (χ3v) is 6.21. The molecule has 0 spiro atoms. The van der Waals surface area contributed by atoms with Crippen molar-refractivity contribution in [3.05, 3.63) is 59.4 Å². The SMILES string of the molecule is COc1cc([C@@H](C)NC2CC[C@@H](c3ccc(OCC(=O)NS(C)(=O)=O)cc3)C2)ccc1F. The van der Waals surface area contributed by atoms with Gasteiger partial charge < -0.3 is 14.8 Å². The second-order valence-electron chi connectivity index (χ2n) is 8.14. The summed E-state index contributed by atoms with van der Waals surface area (Å²) in [5.41, 5.74) is 2.17. The number of carbonyl (C=O) groups excluding carboxylic acids is 1. The third kappa shape index (κ3) is 6.67. The number of amides is 1. The molecule has 3 rings (SSSR count). The molecule has 0 aliphatic heterocycles. The van der Waals surface area contributed by atoms with Gasteiger partial charge in [0.2, 0.25) is 10.0 Å². The van der Waals surface area contributed by atoms with Crippen LogP contribution in [0.4, 0.5) is 4.39 Å². The van der Waals surface area contributed by atoms with E-state index < -0.39 is 15.9 Å². The summed E-state index contributed by atoms with van der Waals surface area (Å²) in [6, 6.07) is 12.9. The Morgan fingerprint density at radius 2 is 1.91 bits per heavy atom. The first kappa shape index (κ1) is 24.0. The van der Waals surface area contributed by atoms with Crippen LogP contribution in [-0.2, 0) is 14.8 Å². The van der Waals surface area contributed by atoms with Crippen molar-refractivity contribution in [2.75, 3.05) is 20.0 Å². The fourth-order valence-corrected chi connectivity index (χ4v) is 4.52. The highest BCUT2D eigenvalue weighted by Gasteiger charge is 2.27. The number of methoxy groups -OCH3 is 1. The molecule has 9 heteroatoms. The zero-order valence-corrected chi connectivity index (χ0v) is 19.2. The highest BCUT2D eigenvalue weighted by Crippen LogP contribution is 2.36. The molecule has 0 aromatic heterocycles. The Bertz CT molecular complexity index is 1040. The summed E-state index contributed by atoms with van der Waals surface area (Å²) < 4.78 is 48.1. The number of hydrogen-bond donors (Lipinski definition) is 2. The maximum absolute atomic E-state index is 13.7. The second-order valence-corrected chi connectivity index (χ2v) is 9.89. The Morgan fingerprint density at radius 3 is 2.56 bits per heavy atom. The lowest BCUT2D eigenvalue weighted by Crippen LogP contribution is -2.33. The van der Waals surface area contributed by atoms with E-state index in [0.29, 0.717) is 17.7 Å². The van der Waals surface area contributed by atoms with Crippen molar-refractivity contribution in [2.24, 2.45) is 0 Å². The molecule has 1 amide bonds. The predicted molar refractivity (Wildman–Crippen MR) is 120 cm³/mol. The highest BCUT2D eigenvalue weighted by atomic mass is 32.2. The normalized spacial score (nSPS) is 19.4. The topological polar surface area (TPSA) is 93.7 Å². The van der Waals surface area contributed by atoms with Gasteiger partial charge >= 0.3 is 0 Å². The van der Waals surface area contributed by atoms with Gasteiger partial charge in [-0.05, 0) is 67.5 Å². The molecule has 2 N–H and O–H groups in total. The third-order valence-electron chi connectivity index (χ3n) is 5.61. The Kier molecular flexibility index (Phi) is 7.73. The first-order valence-electron chi connectivity index (χ1n) is 10.5. The minimum atomic E-state index is -3.59. The molecule has 7 nitrogen and oxygen atoms in total. The van der Waals surface area contributed by atoms with Crippen molar-refractivity contribution in [3.8, 4) is 11.5 Å². The molecule has 2 aromatic rings. The van der Waals surface area contributed by atoms with Gasteiger partial charge in [-0.2, -0.15) is 0 Å². The van der Waals surface area contributed by atoms with Gasteiger partial charge in [-0.25, -0.2) is 12.8 Å². The number of halogens is 1. The lowest BCUT2D eigenvalue weighted by molar-refractivity contribution is -0.121. The van der Waals surface area contributed by atoms with E-state index in [-0.39, 0.29) is 24.2 Å². The van der Waals surface area contributed by atoms with Crippen LogP contribution in [0.5, 0.6) is 11.5 Å². The van der Waals surface area contributed by atoms with Crippen molar-refractivity contribution in [1.29, 1.82) is 0 Å². The van der Waals surface area contributed by atoms with Crippen molar-refractivity contribution in [3.63, 3.8) is 0 Å². The van der Waals surface area contributed by atoms with Crippen LogP contribution < -0.4 is 19.5 Å². The van der Waals surface area contributed by atoms with Crippen molar-refractivity contribution >= 4 is 15.9 Å². The number of nitrogens with one attached hydrogen (secondary N) is 2. The number of carbonyl (C=O) groups is 1. The highest BCUT2D eigenvalue weighted by molar-refractivity contribution is 7.89. The summed E-state index contributed by atoms with van der Waals surface area (Å²) in [6.07, 6.45) is 3.99. The molecular formula is C23H29FN2O5S. The van der Waals surface area contributed by atoms with E-state index in [2.05, 4.69) is 12.2 Å². The monoisotopic (exact) mass is 464 g/mol. The number of benzene rings is 2. The van der Waals surface area contributed by atoms with Crippen LogP contribution in [0, 0.1) is 5.82 Å². The fourth-order valence-electron chi connectivity index (χ4n) is 4.05. The number of sulfonamides is 1. The first-order chi connectivity index (χ1) is 15.1. The van der Waals surface area contributed by atoms with Crippen molar-refractivity contribution in [2.45, 2.75) is 44.2 Å². The van der Waals surface area contributed by atoms with Gasteiger partial charge in [0.25, 0.3) is 5.91 Å². The summed E-state index contributed by atoms with van der Waals surface area (Å²) >= 11 is 0. The molecule has 1 aliphatic rings. The van der Waals surface area contributed by atoms with E-state index in [0.717, 1.165) is 31.1 Å². The zero-order chi connectivity index (χ0) is 23.3. The first-order valence-corrected chi connectivity index (χ1v) is 12.4. The van der Waals surface area contributed by atoms with Gasteiger partial charge in [-0.15, -0.1) is 0 Å². The largest absolute Gasteiger partial charge is 0.494 e. The van der Waals surface area contributed by atoms with Gasteiger partial charge in [-0.3, -0.25) is 9.52 Å². The maximum Gasteiger partial charge on any atom is 0.271 e. The van der Waals surface area contributed by atoms with E-state index in [1.54, 1.807) is 24.3 Å². The second kappa shape index (κ2) is 10.3. The van der Waals surface area contributed by atoms with E-state index in [9.17, 15) is 17.6 Å². The van der Waals surface area contributed by atoms with Gasteiger partial charge in [-0.1, -0.05) is 18.2 Å². The molecule has 3 atom stereocenters. The van der Waals surface area contributed by atoms with E-state index in [4.69, 9.17) is 9.47 Å². The predicted octanol–water partition coefficient (Wildman–Crippen LogP) is 3.28. The van der Waals surface area contributed by atoms with Gasteiger partial charge in [0.15, 0.2) is 18.2 Å². The van der Waals surface area contributed by atoms with Crippen LogP contribution >= 0.6 is 0 Å². The van der Waals surface area contributed by atoms with Crippen LogP contribution in [0.2, 0.25) is 0 Å². The van der Waals surface area contributed by atoms with Crippen molar-refractivity contribution < 1.29 is 27.1 Å². The molecule has 32 heavy (non-hydrogen) atoms. The molecule has 0 saturated heterocycles. The zero-order valence-electron chi connectivity index (χ0n) is 18.4. The van der Waals surface area contributed by atoms with E-state index >= 15 is 0 Å². The molecule has 0 bridgehead atoms. The Labute approximate surface area is 188 Å². The maximum atomic E-state index is 13.7. The number of hydrogen-bond acceptors (Lipinski definition) is 6. The minimum Gasteiger partial charge on any atom is -0.494 e. The van der Waals surface area contributed by atoms with Gasteiger partial charge in [0, 0.05) is 12.1 Å². The Balaban J connectivity index is 1.51. The molecular weight excluding hydrogens is 435 g/mol. The molecule has 0 radical (unpaired) electrons. The quantitative estimate of drug-likeness (QED) is 0.592. The standard InChI is InChI=1S/C23H29FN2O5S/c1-15(17-7-11-21(24)22(13-17)30-2)25-19-8-4-18(12-19)16-5-9-20(10-6-16)31-14-23(27)26-32(3,28)29/h5-7,9-11,13,15,18-19,25H,4,8,12,14H2,1-3H3,(H,26,27)/t15-,18-,19?/m1/s1. The molecule has 0 heterocycles. The Hall–Kier alpha value is -2.65. The fraction of sp³-hybridized carbons (Fsp3) is 0.435. The lowest BCUT2D eigenvalue weighted by atomic mass is 9.97. The minimum absolute atomic E-state index is 0.0714. The van der Waals surface area contributed by atoms with E-state index in [1.807, 2.05) is 16.9 Å². The summed E-state index contributed by atoms with van der Waals surface area (Å²) in [5, 5.41) is 3.63. The smallest absolute Gasteiger partial charge is 0.271 e. The molecule has 1 fully saturated rings. The van der Waals surface area contributed by atoms with Crippen LogP contribution in [0.15, 0.2) is 42.5 Å². The molecule has 1 saturated carbocycles. The summed E-state index contributed by atoms with van der Waals surface area (Å²) in [5.74, 6) is 0.0764. The average molecular weight is 465 g/mol. The van der Waals surface area contributed by atoms with Gasteiger partial charge in [0.05, 0.1) is 13.4 Å². The average Bonchev–Trinajstić information content (AvgIpc) is 3.20. The van der Waals surface area contributed by atoms with Gasteiger partial charge in [0.1, 0.15) is 5.75 Å². The summed E-state index contributed by atoms with van der Waals surface area (Å²) in [7, 11) is -2.13. The van der Waals surface area contributed by atoms with Crippen LogP contribution in [0.1, 0.15) is 49.3 Å². The Morgan fingerprint density at radius 1 is 1.19 bits per heavy atom. The number of ether oxygens (including phenoxy) is 2. The molecule has 1 aliphatic carbocycles. The van der Waals surface area contributed by atoms with Crippen LogP contribution in [0.3, 0.4) is 0 Å². The van der Waals surface area contributed by atoms with Crippen LogP contribution in [-0.4, -0.2) is 40.3 Å².